The van der Waals surface area contributed by atoms with Gasteiger partial charge in [0.15, 0.2) is 0 Å². The van der Waals surface area contributed by atoms with E-state index < -0.39 is 5.54 Å². The van der Waals surface area contributed by atoms with Crippen LogP contribution in [0.1, 0.15) is 26.7 Å². The number of carbonyl (C=O) groups is 1. The molecule has 120 valence electrons. The Hall–Kier alpha value is -0.690. The number of methoxy groups -OCH3 is 2. The molecule has 0 saturated carbocycles. The van der Waals surface area contributed by atoms with Gasteiger partial charge in [0.1, 0.15) is 5.54 Å². The molecule has 6 heteroatoms. The normalized spacial score (nSPS) is 14.3. The van der Waals surface area contributed by atoms with Crippen LogP contribution in [0.3, 0.4) is 0 Å². The van der Waals surface area contributed by atoms with Crippen LogP contribution >= 0.6 is 0 Å². The van der Waals surface area contributed by atoms with E-state index >= 15 is 0 Å². The van der Waals surface area contributed by atoms with Crippen LogP contribution < -0.4 is 5.73 Å². The SMILES string of the molecule is CCOC(=O)C(C)(N)CCCN(CCOC)CCOC. The van der Waals surface area contributed by atoms with Crippen LogP contribution in [-0.2, 0) is 19.0 Å². The molecular weight excluding hydrogens is 260 g/mol. The molecule has 0 radical (unpaired) electrons. The number of hydrogen-bond acceptors (Lipinski definition) is 6. The average Bonchev–Trinajstić information content (AvgIpc) is 2.41. The Bertz CT molecular complexity index is 252. The van der Waals surface area contributed by atoms with Gasteiger partial charge < -0.3 is 19.9 Å². The van der Waals surface area contributed by atoms with Gasteiger partial charge in [-0.3, -0.25) is 9.69 Å². The van der Waals surface area contributed by atoms with Gasteiger partial charge >= 0.3 is 5.97 Å². The summed E-state index contributed by atoms with van der Waals surface area (Å²) in [5.41, 5.74) is 5.08. The van der Waals surface area contributed by atoms with Crippen molar-refractivity contribution in [2.75, 3.05) is 53.7 Å². The number of nitrogens with two attached hydrogens (primary N) is 1. The molecule has 1 atom stereocenters. The minimum absolute atomic E-state index is 0.333. The summed E-state index contributed by atoms with van der Waals surface area (Å²) in [4.78, 5) is 13.9. The summed E-state index contributed by atoms with van der Waals surface area (Å²) in [6.45, 7) is 7.78. The molecule has 6 nitrogen and oxygen atoms in total. The number of carbonyl (C=O) groups excluding carboxylic acids is 1. The highest BCUT2D eigenvalue weighted by Gasteiger charge is 2.29. The number of nitrogens with zero attached hydrogens (tertiary/aromatic N) is 1. The van der Waals surface area contributed by atoms with Crippen LogP contribution in [0.2, 0.25) is 0 Å². The molecule has 0 bridgehead atoms. The lowest BCUT2D eigenvalue weighted by atomic mass is 9.97. The van der Waals surface area contributed by atoms with Gasteiger partial charge in [0.2, 0.25) is 0 Å². The van der Waals surface area contributed by atoms with Crippen molar-refractivity contribution in [3.8, 4) is 0 Å². The van der Waals surface area contributed by atoms with E-state index in [2.05, 4.69) is 4.90 Å². The van der Waals surface area contributed by atoms with E-state index in [1.54, 1.807) is 28.1 Å². The van der Waals surface area contributed by atoms with E-state index in [-0.39, 0.29) is 5.97 Å². The molecule has 0 aliphatic heterocycles. The Morgan fingerprint density at radius 1 is 1.15 bits per heavy atom. The number of ether oxygens (including phenoxy) is 3. The lowest BCUT2D eigenvalue weighted by Crippen LogP contribution is -2.46. The van der Waals surface area contributed by atoms with Crippen molar-refractivity contribution in [1.29, 1.82) is 0 Å². The first kappa shape index (κ1) is 19.3. The third-order valence-corrected chi connectivity index (χ3v) is 3.14. The van der Waals surface area contributed by atoms with E-state index in [1.165, 1.54) is 0 Å². The number of hydrogen-bond donors (Lipinski definition) is 1. The Morgan fingerprint density at radius 3 is 2.15 bits per heavy atom. The Labute approximate surface area is 122 Å². The zero-order valence-electron chi connectivity index (χ0n) is 13.3. The smallest absolute Gasteiger partial charge is 0.325 e. The minimum atomic E-state index is -0.913. The van der Waals surface area contributed by atoms with Crippen LogP contribution in [0, 0.1) is 0 Å². The van der Waals surface area contributed by atoms with Crippen molar-refractivity contribution in [3.63, 3.8) is 0 Å². The molecule has 0 amide bonds. The first-order valence-electron chi connectivity index (χ1n) is 7.14. The fourth-order valence-corrected chi connectivity index (χ4v) is 1.84. The summed E-state index contributed by atoms with van der Waals surface area (Å²) < 4.78 is 15.2. The van der Waals surface area contributed by atoms with Gasteiger partial charge in [0, 0.05) is 27.3 Å². The molecule has 0 aliphatic carbocycles. The molecule has 20 heavy (non-hydrogen) atoms. The second kappa shape index (κ2) is 11.0. The lowest BCUT2D eigenvalue weighted by molar-refractivity contribution is -0.149. The van der Waals surface area contributed by atoms with Crippen LogP contribution in [-0.4, -0.2) is 70.1 Å². The molecular formula is C14H30N2O4. The van der Waals surface area contributed by atoms with E-state index in [1.807, 2.05) is 0 Å². The van der Waals surface area contributed by atoms with Gasteiger partial charge in [-0.25, -0.2) is 0 Å². The molecule has 0 saturated heterocycles. The van der Waals surface area contributed by atoms with E-state index in [4.69, 9.17) is 19.9 Å². The predicted molar refractivity (Wildman–Crippen MR) is 78.7 cm³/mol. The second-order valence-electron chi connectivity index (χ2n) is 5.07. The van der Waals surface area contributed by atoms with Crippen molar-refractivity contribution < 1.29 is 19.0 Å². The fraction of sp³-hybridized carbons (Fsp3) is 0.929. The Morgan fingerprint density at radius 2 is 1.70 bits per heavy atom. The van der Waals surface area contributed by atoms with Crippen LogP contribution in [0.4, 0.5) is 0 Å². The highest BCUT2D eigenvalue weighted by Crippen LogP contribution is 2.12. The largest absolute Gasteiger partial charge is 0.465 e. The molecule has 0 aromatic heterocycles. The zero-order chi connectivity index (χ0) is 15.4. The maximum atomic E-state index is 11.7. The lowest BCUT2D eigenvalue weighted by Gasteiger charge is -2.25. The minimum Gasteiger partial charge on any atom is -0.465 e. The van der Waals surface area contributed by atoms with Crippen molar-refractivity contribution in [2.24, 2.45) is 5.73 Å². The summed E-state index contributed by atoms with van der Waals surface area (Å²) in [7, 11) is 3.37. The second-order valence-corrected chi connectivity index (χ2v) is 5.07. The molecule has 2 N–H and O–H groups in total. The quantitative estimate of drug-likeness (QED) is 0.532. The Balaban J connectivity index is 4.09. The van der Waals surface area contributed by atoms with Crippen LogP contribution in [0.15, 0.2) is 0 Å². The molecule has 0 aliphatic rings. The van der Waals surface area contributed by atoms with Gasteiger partial charge in [-0.15, -0.1) is 0 Å². The maximum absolute atomic E-state index is 11.7. The van der Waals surface area contributed by atoms with Crippen LogP contribution in [0.5, 0.6) is 0 Å². The van der Waals surface area contributed by atoms with E-state index in [9.17, 15) is 4.79 Å². The van der Waals surface area contributed by atoms with Gasteiger partial charge in [-0.05, 0) is 33.2 Å². The summed E-state index contributed by atoms with van der Waals surface area (Å²) in [6.07, 6.45) is 1.43. The topological polar surface area (TPSA) is 74.0 Å². The average molecular weight is 290 g/mol. The van der Waals surface area contributed by atoms with Crippen molar-refractivity contribution in [3.05, 3.63) is 0 Å². The molecule has 1 unspecified atom stereocenters. The summed E-state index contributed by atoms with van der Waals surface area (Å²) in [5.74, 6) is -0.333. The highest BCUT2D eigenvalue weighted by molar-refractivity contribution is 5.79. The zero-order valence-corrected chi connectivity index (χ0v) is 13.3. The van der Waals surface area contributed by atoms with E-state index in [0.29, 0.717) is 26.2 Å². The molecule has 0 rings (SSSR count). The first-order valence-corrected chi connectivity index (χ1v) is 7.14. The summed E-state index contributed by atoms with van der Waals surface area (Å²) >= 11 is 0. The molecule has 0 spiro atoms. The van der Waals surface area contributed by atoms with Crippen LogP contribution in [0.25, 0.3) is 0 Å². The van der Waals surface area contributed by atoms with E-state index in [0.717, 1.165) is 26.1 Å². The number of esters is 1. The third-order valence-electron chi connectivity index (χ3n) is 3.14. The standard InChI is InChI=1S/C14H30N2O4/c1-5-20-13(17)14(2,15)7-6-8-16(9-11-18-3)10-12-19-4/h5-12,15H2,1-4H3. The molecule has 0 aromatic rings. The van der Waals surface area contributed by atoms with Gasteiger partial charge in [0.25, 0.3) is 0 Å². The van der Waals surface area contributed by atoms with Crippen molar-refractivity contribution in [1.82, 2.24) is 4.90 Å². The third kappa shape index (κ3) is 8.47. The first-order chi connectivity index (χ1) is 9.47. The summed E-state index contributed by atoms with van der Waals surface area (Å²) in [6, 6.07) is 0. The molecule has 0 aromatic carbocycles. The van der Waals surface area contributed by atoms with Gasteiger partial charge in [0.05, 0.1) is 19.8 Å². The summed E-state index contributed by atoms with van der Waals surface area (Å²) in [5, 5.41) is 0. The highest BCUT2D eigenvalue weighted by atomic mass is 16.5. The van der Waals surface area contributed by atoms with Crippen molar-refractivity contribution >= 4 is 5.97 Å². The van der Waals surface area contributed by atoms with Crippen molar-refractivity contribution in [2.45, 2.75) is 32.2 Å². The van der Waals surface area contributed by atoms with Gasteiger partial charge in [-0.2, -0.15) is 0 Å². The molecule has 0 fully saturated rings. The predicted octanol–water partition coefficient (Wildman–Crippen LogP) is 0.642. The Kier molecular flexibility index (Phi) is 10.6. The number of rotatable bonds is 12. The monoisotopic (exact) mass is 290 g/mol. The maximum Gasteiger partial charge on any atom is 0.325 e. The van der Waals surface area contributed by atoms with Gasteiger partial charge in [-0.1, -0.05) is 0 Å². The fourth-order valence-electron chi connectivity index (χ4n) is 1.84. The molecule has 0 heterocycles.